The number of benzene rings is 1. The minimum absolute atomic E-state index is 0.0345. The van der Waals surface area contributed by atoms with E-state index in [4.69, 9.17) is 4.42 Å². The van der Waals surface area contributed by atoms with E-state index < -0.39 is 11.2 Å². The maximum Gasteiger partial charge on any atom is 0.332 e. The lowest BCUT2D eigenvalue weighted by atomic mass is 10.1. The van der Waals surface area contributed by atoms with Crippen LogP contribution < -0.4 is 16.6 Å². The fourth-order valence-electron chi connectivity index (χ4n) is 4.03. The maximum absolute atomic E-state index is 13.3. The number of anilines is 1. The molecule has 4 aromatic rings. The fraction of sp³-hybridized carbons (Fsp3) is 0.304. The molecule has 0 aliphatic carbocycles. The number of nitrogens with zero attached hydrogens (tertiary/aromatic N) is 4. The van der Waals surface area contributed by atoms with E-state index in [-0.39, 0.29) is 24.5 Å². The van der Waals surface area contributed by atoms with Crippen molar-refractivity contribution in [3.8, 4) is 0 Å². The SMILES string of the molecule is CCn1nc(C)c2c1c(=O)n(Cc1ccco1)c(=O)n2CC(=O)Nc1cc(C)cc(C)c1. The third-order valence-electron chi connectivity index (χ3n) is 5.28. The Morgan fingerprint density at radius 3 is 2.41 bits per heavy atom. The summed E-state index contributed by atoms with van der Waals surface area (Å²) >= 11 is 0. The summed E-state index contributed by atoms with van der Waals surface area (Å²) in [4.78, 5) is 39.5. The second-order valence-corrected chi connectivity index (χ2v) is 7.86. The van der Waals surface area contributed by atoms with E-state index in [0.29, 0.717) is 29.2 Å². The Bertz CT molecular complexity index is 1400. The number of hydrogen-bond donors (Lipinski definition) is 1. The molecule has 166 valence electrons. The molecular formula is C23H25N5O4. The lowest BCUT2D eigenvalue weighted by molar-refractivity contribution is -0.116. The highest BCUT2D eigenvalue weighted by atomic mass is 16.3. The van der Waals surface area contributed by atoms with Crippen LogP contribution in [0.2, 0.25) is 0 Å². The maximum atomic E-state index is 13.3. The van der Waals surface area contributed by atoms with Gasteiger partial charge in [0.25, 0.3) is 5.56 Å². The molecule has 0 bridgehead atoms. The molecule has 1 N–H and O–H groups in total. The number of nitrogens with one attached hydrogen (secondary N) is 1. The van der Waals surface area contributed by atoms with Gasteiger partial charge in [-0.1, -0.05) is 6.07 Å². The second-order valence-electron chi connectivity index (χ2n) is 7.86. The lowest BCUT2D eigenvalue weighted by Crippen LogP contribution is -2.42. The zero-order valence-corrected chi connectivity index (χ0v) is 18.5. The van der Waals surface area contributed by atoms with E-state index in [1.54, 1.807) is 23.7 Å². The molecule has 3 heterocycles. The van der Waals surface area contributed by atoms with Gasteiger partial charge in [0.2, 0.25) is 5.91 Å². The van der Waals surface area contributed by atoms with Crippen molar-refractivity contribution in [1.29, 1.82) is 0 Å². The summed E-state index contributed by atoms with van der Waals surface area (Å²) in [5.41, 5.74) is 2.81. The molecule has 4 rings (SSSR count). The number of rotatable bonds is 6. The number of hydrogen-bond acceptors (Lipinski definition) is 5. The van der Waals surface area contributed by atoms with Crippen molar-refractivity contribution < 1.29 is 9.21 Å². The zero-order valence-electron chi connectivity index (χ0n) is 18.5. The van der Waals surface area contributed by atoms with Gasteiger partial charge < -0.3 is 9.73 Å². The van der Waals surface area contributed by atoms with Crippen LogP contribution >= 0.6 is 0 Å². The highest BCUT2D eigenvalue weighted by Gasteiger charge is 2.22. The molecule has 0 unspecified atom stereocenters. The molecule has 0 radical (unpaired) electrons. The molecule has 1 aromatic carbocycles. The van der Waals surface area contributed by atoms with E-state index in [1.165, 1.54) is 10.8 Å². The van der Waals surface area contributed by atoms with Crippen LogP contribution in [0.25, 0.3) is 11.0 Å². The normalized spacial score (nSPS) is 11.2. The van der Waals surface area contributed by atoms with E-state index in [0.717, 1.165) is 15.7 Å². The summed E-state index contributed by atoms with van der Waals surface area (Å²) in [6, 6.07) is 9.12. The highest BCUT2D eigenvalue weighted by molar-refractivity contribution is 5.91. The fourth-order valence-corrected chi connectivity index (χ4v) is 4.03. The minimum atomic E-state index is -0.590. The standard InChI is InChI=1S/C23H25N5O4/c1-5-28-21-20(16(4)25-28)26(13-19(29)24-17-10-14(2)9-15(3)11-17)23(31)27(22(21)30)12-18-7-6-8-32-18/h6-11H,5,12-13H2,1-4H3,(H,24,29). The average molecular weight is 435 g/mol. The van der Waals surface area contributed by atoms with Crippen molar-refractivity contribution in [2.45, 2.75) is 47.3 Å². The first-order chi connectivity index (χ1) is 15.3. The first kappa shape index (κ1) is 21.4. The topological polar surface area (TPSA) is 104 Å². The third-order valence-corrected chi connectivity index (χ3v) is 5.28. The van der Waals surface area contributed by atoms with Gasteiger partial charge in [-0.25, -0.2) is 4.79 Å². The van der Waals surface area contributed by atoms with Gasteiger partial charge in [0.05, 0.1) is 18.5 Å². The second kappa shape index (κ2) is 8.33. The Morgan fingerprint density at radius 1 is 1.06 bits per heavy atom. The zero-order chi connectivity index (χ0) is 23.0. The van der Waals surface area contributed by atoms with Crippen LogP contribution in [0, 0.1) is 20.8 Å². The van der Waals surface area contributed by atoms with Crippen LogP contribution in [-0.2, 0) is 24.4 Å². The Hall–Kier alpha value is -3.88. The number of aryl methyl sites for hydroxylation is 4. The first-order valence-electron chi connectivity index (χ1n) is 10.4. The van der Waals surface area contributed by atoms with E-state index >= 15 is 0 Å². The quantitative estimate of drug-likeness (QED) is 0.501. The summed E-state index contributed by atoms with van der Waals surface area (Å²) in [5, 5.41) is 7.26. The molecule has 1 amide bonds. The Kier molecular flexibility index (Phi) is 5.56. The van der Waals surface area contributed by atoms with Crippen molar-refractivity contribution >= 4 is 22.6 Å². The van der Waals surface area contributed by atoms with Crippen LogP contribution in [0.15, 0.2) is 50.6 Å². The number of carbonyl (C=O) groups is 1. The Morgan fingerprint density at radius 2 is 1.78 bits per heavy atom. The van der Waals surface area contributed by atoms with Crippen LogP contribution in [0.5, 0.6) is 0 Å². The van der Waals surface area contributed by atoms with Crippen LogP contribution in [-0.4, -0.2) is 24.8 Å². The predicted octanol–water partition coefficient (Wildman–Crippen LogP) is 2.58. The van der Waals surface area contributed by atoms with Crippen LogP contribution in [0.4, 0.5) is 5.69 Å². The molecule has 0 aliphatic heterocycles. The van der Waals surface area contributed by atoms with Gasteiger partial charge in [0.15, 0.2) is 5.52 Å². The number of fused-ring (bicyclic) bond motifs is 1. The number of aromatic nitrogens is 4. The minimum Gasteiger partial charge on any atom is -0.467 e. The molecule has 0 saturated heterocycles. The number of carbonyl (C=O) groups excluding carboxylic acids is 1. The molecular weight excluding hydrogens is 410 g/mol. The summed E-state index contributed by atoms with van der Waals surface area (Å²) < 4.78 is 9.29. The van der Waals surface area contributed by atoms with Crippen molar-refractivity contribution in [3.05, 3.63) is 80.0 Å². The van der Waals surface area contributed by atoms with Gasteiger partial charge in [-0.3, -0.25) is 23.4 Å². The largest absolute Gasteiger partial charge is 0.467 e. The van der Waals surface area contributed by atoms with Crippen LogP contribution in [0.1, 0.15) is 29.5 Å². The summed E-state index contributed by atoms with van der Waals surface area (Å²) in [6.07, 6.45) is 1.48. The van der Waals surface area contributed by atoms with Crippen LogP contribution in [0.3, 0.4) is 0 Å². The van der Waals surface area contributed by atoms with Gasteiger partial charge in [-0.05, 0) is 63.1 Å². The lowest BCUT2D eigenvalue weighted by Gasteiger charge is -2.13. The van der Waals surface area contributed by atoms with E-state index in [2.05, 4.69) is 10.4 Å². The van der Waals surface area contributed by atoms with E-state index in [9.17, 15) is 14.4 Å². The van der Waals surface area contributed by atoms with Gasteiger partial charge in [-0.2, -0.15) is 5.10 Å². The summed E-state index contributed by atoms with van der Waals surface area (Å²) in [5.74, 6) is 0.0966. The molecule has 3 aromatic heterocycles. The smallest absolute Gasteiger partial charge is 0.332 e. The first-order valence-corrected chi connectivity index (χ1v) is 10.4. The molecule has 0 fully saturated rings. The molecule has 0 atom stereocenters. The van der Waals surface area contributed by atoms with Gasteiger partial charge in [0.1, 0.15) is 17.8 Å². The summed E-state index contributed by atoms with van der Waals surface area (Å²) in [7, 11) is 0. The van der Waals surface area contributed by atoms with Crippen molar-refractivity contribution in [2.75, 3.05) is 5.32 Å². The Balaban J connectivity index is 1.82. The Labute approximate surface area is 183 Å². The number of furan rings is 1. The molecule has 9 nitrogen and oxygen atoms in total. The van der Waals surface area contributed by atoms with Gasteiger partial charge >= 0.3 is 5.69 Å². The molecule has 0 saturated carbocycles. The third kappa shape index (κ3) is 3.89. The predicted molar refractivity (Wildman–Crippen MR) is 121 cm³/mol. The summed E-state index contributed by atoms with van der Waals surface area (Å²) in [6.45, 7) is 7.65. The number of amides is 1. The van der Waals surface area contributed by atoms with Crippen molar-refractivity contribution in [3.63, 3.8) is 0 Å². The molecule has 0 aliphatic rings. The average Bonchev–Trinajstić information content (AvgIpc) is 3.35. The molecule has 9 heteroatoms. The molecule has 0 spiro atoms. The van der Waals surface area contributed by atoms with E-state index in [1.807, 2.05) is 39.0 Å². The molecule has 32 heavy (non-hydrogen) atoms. The highest BCUT2D eigenvalue weighted by Crippen LogP contribution is 2.16. The van der Waals surface area contributed by atoms with Gasteiger partial charge in [0, 0.05) is 12.2 Å². The monoisotopic (exact) mass is 435 g/mol. The van der Waals surface area contributed by atoms with Crippen molar-refractivity contribution in [1.82, 2.24) is 18.9 Å². The van der Waals surface area contributed by atoms with Gasteiger partial charge in [-0.15, -0.1) is 0 Å². The van der Waals surface area contributed by atoms with Crippen molar-refractivity contribution in [2.24, 2.45) is 0 Å².